The maximum Gasteiger partial charge on any atom is 0.410 e. The first-order valence-corrected chi connectivity index (χ1v) is 11.8. The largest absolute Gasteiger partial charge is 0.444 e. The van der Waals surface area contributed by atoms with Crippen LogP contribution in [0.5, 0.6) is 0 Å². The monoisotopic (exact) mass is 480 g/mol. The molecular formula is C24H32N8O3. The summed E-state index contributed by atoms with van der Waals surface area (Å²) in [5.41, 5.74) is -0.180. The van der Waals surface area contributed by atoms with Gasteiger partial charge in [0.2, 0.25) is 0 Å². The van der Waals surface area contributed by atoms with Crippen LogP contribution in [0.3, 0.4) is 0 Å². The average molecular weight is 481 g/mol. The Kier molecular flexibility index (Phi) is 6.93. The highest BCUT2D eigenvalue weighted by Crippen LogP contribution is 2.40. The Bertz CT molecular complexity index is 1090. The van der Waals surface area contributed by atoms with Gasteiger partial charge in [-0.25, -0.2) is 9.78 Å². The number of rotatable bonds is 5. The Morgan fingerprint density at radius 2 is 2.03 bits per heavy atom. The van der Waals surface area contributed by atoms with Crippen molar-refractivity contribution in [3.05, 3.63) is 29.5 Å². The predicted molar refractivity (Wildman–Crippen MR) is 131 cm³/mol. The van der Waals surface area contributed by atoms with E-state index in [-0.39, 0.29) is 6.09 Å². The molecule has 0 saturated carbocycles. The van der Waals surface area contributed by atoms with Crippen molar-refractivity contribution in [3.63, 3.8) is 0 Å². The van der Waals surface area contributed by atoms with Crippen molar-refractivity contribution in [1.82, 2.24) is 20.1 Å². The minimum atomic E-state index is -0.875. The molecule has 2 aromatic rings. The molecule has 11 heteroatoms. The number of nitrogens with one attached hydrogen (secondary N) is 3. The first-order chi connectivity index (χ1) is 16.7. The van der Waals surface area contributed by atoms with E-state index in [0.29, 0.717) is 69.4 Å². The van der Waals surface area contributed by atoms with Gasteiger partial charge in [-0.15, -0.1) is 0 Å². The van der Waals surface area contributed by atoms with E-state index in [1.807, 2.05) is 26.8 Å². The van der Waals surface area contributed by atoms with Gasteiger partial charge < -0.3 is 30.0 Å². The zero-order valence-electron chi connectivity index (χ0n) is 20.4. The van der Waals surface area contributed by atoms with Crippen LogP contribution >= 0.6 is 0 Å². The van der Waals surface area contributed by atoms with E-state index < -0.39 is 11.0 Å². The van der Waals surface area contributed by atoms with Crippen LogP contribution in [0, 0.1) is 16.7 Å². The van der Waals surface area contributed by atoms with Crippen LogP contribution in [0.1, 0.15) is 44.7 Å². The number of carbonyl (C=O) groups excluding carboxylic acids is 1. The van der Waals surface area contributed by atoms with Crippen LogP contribution < -0.4 is 10.2 Å². The van der Waals surface area contributed by atoms with E-state index >= 15 is 0 Å². The molecule has 0 unspecified atom stereocenters. The molecule has 4 heterocycles. The lowest BCUT2D eigenvalue weighted by molar-refractivity contribution is 0.0185. The van der Waals surface area contributed by atoms with Crippen molar-refractivity contribution in [2.45, 2.75) is 44.6 Å². The highest BCUT2D eigenvalue weighted by atomic mass is 16.6. The Morgan fingerprint density at radius 1 is 1.31 bits per heavy atom. The summed E-state index contributed by atoms with van der Waals surface area (Å²) in [6.45, 7) is 8.85. The molecule has 2 fully saturated rings. The number of hydrogen-bond donors (Lipinski definition) is 3. The molecule has 2 aliphatic rings. The summed E-state index contributed by atoms with van der Waals surface area (Å²) >= 11 is 0. The Balaban J connectivity index is 1.70. The first kappa shape index (κ1) is 24.5. The van der Waals surface area contributed by atoms with Crippen LogP contribution in [-0.4, -0.2) is 77.4 Å². The molecule has 2 aromatic heterocycles. The number of piperidine rings is 1. The zero-order chi connectivity index (χ0) is 25.1. The van der Waals surface area contributed by atoms with Gasteiger partial charge in [0.25, 0.3) is 0 Å². The molecule has 0 bridgehead atoms. The number of ether oxygens (including phenoxy) is 2. The fraction of sp³-hybridized carbons (Fsp3) is 0.542. The van der Waals surface area contributed by atoms with Gasteiger partial charge in [0.1, 0.15) is 23.1 Å². The quantitative estimate of drug-likeness (QED) is 0.554. The summed E-state index contributed by atoms with van der Waals surface area (Å²) in [6, 6.07) is 6.23. The number of likely N-dealkylation sites (tertiary alicyclic amines) is 1. The van der Waals surface area contributed by atoms with Gasteiger partial charge in [-0.3, -0.25) is 5.10 Å². The van der Waals surface area contributed by atoms with Crippen molar-refractivity contribution < 1.29 is 14.3 Å². The van der Waals surface area contributed by atoms with Gasteiger partial charge in [0.05, 0.1) is 30.9 Å². The fourth-order valence-corrected chi connectivity index (χ4v) is 4.43. The molecule has 4 rings (SSSR count). The lowest BCUT2D eigenvalue weighted by Crippen LogP contribution is -2.47. The number of amides is 1. The van der Waals surface area contributed by atoms with Gasteiger partial charge in [0.15, 0.2) is 0 Å². The van der Waals surface area contributed by atoms with Crippen molar-refractivity contribution >= 4 is 29.8 Å². The number of nitrogens with zero attached hydrogens (tertiary/aromatic N) is 5. The number of nitriles is 1. The summed E-state index contributed by atoms with van der Waals surface area (Å²) < 4.78 is 11.0. The number of morpholine rings is 1. The molecule has 1 amide bonds. The molecule has 2 saturated heterocycles. The third-order valence-electron chi connectivity index (χ3n) is 6.28. The fourth-order valence-electron chi connectivity index (χ4n) is 4.43. The van der Waals surface area contributed by atoms with Crippen LogP contribution in [0.4, 0.5) is 22.2 Å². The van der Waals surface area contributed by atoms with Crippen LogP contribution in [0.2, 0.25) is 0 Å². The molecule has 35 heavy (non-hydrogen) atoms. The minimum Gasteiger partial charge on any atom is -0.444 e. The van der Waals surface area contributed by atoms with Gasteiger partial charge in [-0.1, -0.05) is 0 Å². The number of pyridine rings is 1. The summed E-state index contributed by atoms with van der Waals surface area (Å²) in [6.07, 6.45) is 3.35. The molecule has 186 valence electrons. The van der Waals surface area contributed by atoms with E-state index in [9.17, 15) is 10.1 Å². The highest BCUT2D eigenvalue weighted by Gasteiger charge is 2.41. The van der Waals surface area contributed by atoms with Crippen molar-refractivity contribution in [1.29, 1.82) is 10.7 Å². The number of carbonyl (C=O) groups is 1. The third-order valence-corrected chi connectivity index (χ3v) is 6.28. The van der Waals surface area contributed by atoms with E-state index in [2.05, 4.69) is 26.5 Å². The zero-order valence-corrected chi connectivity index (χ0v) is 20.4. The lowest BCUT2D eigenvalue weighted by Gasteiger charge is -2.39. The Hall–Kier alpha value is -3.65. The summed E-state index contributed by atoms with van der Waals surface area (Å²) in [5, 5.41) is 28.7. The van der Waals surface area contributed by atoms with Crippen molar-refractivity contribution in [3.8, 4) is 6.07 Å². The predicted octanol–water partition coefficient (Wildman–Crippen LogP) is 3.17. The molecule has 3 N–H and O–H groups in total. The van der Waals surface area contributed by atoms with Crippen LogP contribution in [0.15, 0.2) is 18.3 Å². The number of aromatic amines is 1. The summed E-state index contributed by atoms with van der Waals surface area (Å²) in [7, 11) is 0. The first-order valence-electron chi connectivity index (χ1n) is 11.8. The second-order valence-electron chi connectivity index (χ2n) is 9.79. The molecular weight excluding hydrogens is 448 g/mol. The SMILES string of the molecule is CC(C)(C)OC(=O)N1CCC(C#N)(c2cc(N3CCOCC3)nc(Nc3ccn[nH]3)c2C=N)CC1. The molecule has 0 radical (unpaired) electrons. The van der Waals surface area contributed by atoms with Gasteiger partial charge in [-0.2, -0.15) is 10.4 Å². The van der Waals surface area contributed by atoms with Crippen molar-refractivity contribution in [2.75, 3.05) is 49.6 Å². The smallest absolute Gasteiger partial charge is 0.410 e. The third kappa shape index (κ3) is 5.38. The molecule has 0 aliphatic carbocycles. The number of aromatic nitrogens is 3. The van der Waals surface area contributed by atoms with E-state index in [4.69, 9.17) is 19.9 Å². The number of anilines is 3. The van der Waals surface area contributed by atoms with Crippen LogP contribution in [0.25, 0.3) is 0 Å². The molecule has 2 aliphatic heterocycles. The van der Waals surface area contributed by atoms with E-state index in [0.717, 1.165) is 11.4 Å². The number of H-pyrrole nitrogens is 1. The van der Waals surface area contributed by atoms with Gasteiger partial charge in [-0.05, 0) is 45.2 Å². The molecule has 0 spiro atoms. The van der Waals surface area contributed by atoms with Crippen molar-refractivity contribution in [2.24, 2.45) is 0 Å². The summed E-state index contributed by atoms with van der Waals surface area (Å²) in [5.74, 6) is 1.84. The maximum atomic E-state index is 12.6. The summed E-state index contributed by atoms with van der Waals surface area (Å²) in [4.78, 5) is 21.2. The molecule has 0 aromatic carbocycles. The Morgan fingerprint density at radius 3 is 2.60 bits per heavy atom. The van der Waals surface area contributed by atoms with Crippen LogP contribution in [-0.2, 0) is 14.9 Å². The standard InChI is InChI=1S/C24H32N8O3/c1-23(2,3)35-22(33)32-8-5-24(16-26,6-9-32)18-14-20(31-10-12-34-13-11-31)29-21(17(18)15-25)28-19-4-7-27-30-19/h4,7,14-15,25H,5-6,8-13H2,1-3H3,(H2,27,28,29,30). The molecule has 11 nitrogen and oxygen atoms in total. The maximum absolute atomic E-state index is 12.6. The highest BCUT2D eigenvalue weighted by molar-refractivity contribution is 5.89. The van der Waals surface area contributed by atoms with E-state index in [1.54, 1.807) is 17.2 Å². The molecule has 0 atom stereocenters. The Labute approximate surface area is 204 Å². The second kappa shape index (κ2) is 9.92. The topological polar surface area (TPSA) is 143 Å². The second-order valence-corrected chi connectivity index (χ2v) is 9.79. The van der Waals surface area contributed by atoms with E-state index in [1.165, 1.54) is 6.21 Å². The minimum absolute atomic E-state index is 0.373. The number of hydrogen-bond acceptors (Lipinski definition) is 9. The van der Waals surface area contributed by atoms with Gasteiger partial charge >= 0.3 is 6.09 Å². The lowest BCUT2D eigenvalue weighted by atomic mass is 9.72. The normalized spacial score (nSPS) is 18.0. The average Bonchev–Trinajstić information content (AvgIpc) is 3.36. The van der Waals surface area contributed by atoms with Gasteiger partial charge in [0, 0.05) is 44.0 Å².